The molecule has 1 aliphatic rings. The van der Waals surface area contributed by atoms with Crippen LogP contribution in [0.3, 0.4) is 0 Å². The highest BCUT2D eigenvalue weighted by atomic mass is 79.9. The van der Waals surface area contributed by atoms with Crippen LogP contribution in [0.25, 0.3) is 0 Å². The predicted octanol–water partition coefficient (Wildman–Crippen LogP) is 3.63. The van der Waals surface area contributed by atoms with E-state index >= 15 is 0 Å². The second-order valence-corrected chi connectivity index (χ2v) is 4.69. The van der Waals surface area contributed by atoms with Crippen molar-refractivity contribution >= 4 is 27.5 Å². The summed E-state index contributed by atoms with van der Waals surface area (Å²) in [5, 5.41) is 0.713. The molecule has 1 heterocycles. The number of halogens is 2. The molecule has 1 atom stereocenters. The Bertz CT molecular complexity index is 413. The third-order valence-electron chi connectivity index (χ3n) is 2.23. The minimum atomic E-state index is 0.104. The van der Waals surface area contributed by atoms with Gasteiger partial charge in [0.05, 0.1) is 0 Å². The van der Waals surface area contributed by atoms with E-state index in [0.717, 1.165) is 29.5 Å². The SMILES string of the molecule is Clc1ccc(C#C[C@H]2CCCO2)c(Br)c1. The molecule has 0 N–H and O–H groups in total. The molecular formula is C12H10BrClO. The van der Waals surface area contributed by atoms with Gasteiger partial charge in [-0.3, -0.25) is 0 Å². The fourth-order valence-corrected chi connectivity index (χ4v) is 2.22. The van der Waals surface area contributed by atoms with E-state index in [1.807, 2.05) is 18.2 Å². The Morgan fingerprint density at radius 3 is 3.00 bits per heavy atom. The highest BCUT2D eigenvalue weighted by molar-refractivity contribution is 9.10. The topological polar surface area (TPSA) is 9.23 Å². The van der Waals surface area contributed by atoms with Crippen molar-refractivity contribution in [1.82, 2.24) is 0 Å². The van der Waals surface area contributed by atoms with Crippen LogP contribution in [0.15, 0.2) is 22.7 Å². The van der Waals surface area contributed by atoms with Gasteiger partial charge in [0.2, 0.25) is 0 Å². The number of ether oxygens (including phenoxy) is 1. The highest BCUT2D eigenvalue weighted by Crippen LogP contribution is 2.21. The maximum Gasteiger partial charge on any atom is 0.118 e. The Balaban J connectivity index is 2.15. The van der Waals surface area contributed by atoms with E-state index in [2.05, 4.69) is 27.8 Å². The van der Waals surface area contributed by atoms with E-state index in [-0.39, 0.29) is 6.10 Å². The van der Waals surface area contributed by atoms with E-state index in [1.165, 1.54) is 0 Å². The zero-order valence-electron chi connectivity index (χ0n) is 8.09. The molecule has 1 nitrogen and oxygen atoms in total. The van der Waals surface area contributed by atoms with Crippen LogP contribution in [-0.2, 0) is 4.74 Å². The van der Waals surface area contributed by atoms with Gasteiger partial charge in [-0.2, -0.15) is 0 Å². The van der Waals surface area contributed by atoms with Crippen molar-refractivity contribution in [2.75, 3.05) is 6.61 Å². The Morgan fingerprint density at radius 2 is 2.33 bits per heavy atom. The quantitative estimate of drug-likeness (QED) is 0.661. The summed E-state index contributed by atoms with van der Waals surface area (Å²) < 4.78 is 6.35. The Kier molecular flexibility index (Phi) is 3.69. The molecular weight excluding hydrogens is 275 g/mol. The summed E-state index contributed by atoms with van der Waals surface area (Å²) in [5.74, 6) is 6.21. The van der Waals surface area contributed by atoms with Crippen LogP contribution < -0.4 is 0 Å². The average Bonchev–Trinajstić information content (AvgIpc) is 2.69. The molecule has 0 aliphatic carbocycles. The lowest BCUT2D eigenvalue weighted by Crippen LogP contribution is -1.99. The highest BCUT2D eigenvalue weighted by Gasteiger charge is 2.11. The van der Waals surface area contributed by atoms with E-state index in [1.54, 1.807) is 0 Å². The molecule has 2 rings (SSSR count). The number of benzene rings is 1. The lowest BCUT2D eigenvalue weighted by atomic mass is 10.2. The first-order valence-electron chi connectivity index (χ1n) is 4.84. The first-order chi connectivity index (χ1) is 7.25. The van der Waals surface area contributed by atoms with Crippen molar-refractivity contribution in [2.24, 2.45) is 0 Å². The van der Waals surface area contributed by atoms with Gasteiger partial charge in [-0.15, -0.1) is 0 Å². The maximum absolute atomic E-state index is 5.84. The maximum atomic E-state index is 5.84. The molecule has 0 bridgehead atoms. The van der Waals surface area contributed by atoms with E-state index < -0.39 is 0 Å². The summed E-state index contributed by atoms with van der Waals surface area (Å²) in [5.41, 5.74) is 0.954. The molecule has 0 aromatic heterocycles. The van der Waals surface area contributed by atoms with Gasteiger partial charge in [-0.25, -0.2) is 0 Å². The van der Waals surface area contributed by atoms with Crippen LogP contribution in [0, 0.1) is 11.8 Å². The Morgan fingerprint density at radius 1 is 1.47 bits per heavy atom. The monoisotopic (exact) mass is 284 g/mol. The summed E-state index contributed by atoms with van der Waals surface area (Å²) >= 11 is 9.27. The van der Waals surface area contributed by atoms with Gasteiger partial charge in [0.15, 0.2) is 0 Å². The summed E-state index contributed by atoms with van der Waals surface area (Å²) in [6.07, 6.45) is 2.26. The van der Waals surface area contributed by atoms with Gasteiger partial charge in [0.25, 0.3) is 0 Å². The Hall–Kier alpha value is -0.490. The largest absolute Gasteiger partial charge is 0.366 e. The van der Waals surface area contributed by atoms with Crippen LogP contribution in [0.2, 0.25) is 5.02 Å². The third kappa shape index (κ3) is 2.98. The first-order valence-corrected chi connectivity index (χ1v) is 6.01. The number of hydrogen-bond donors (Lipinski definition) is 0. The molecule has 1 fully saturated rings. The van der Waals surface area contributed by atoms with E-state index in [9.17, 15) is 0 Å². The number of rotatable bonds is 0. The van der Waals surface area contributed by atoms with Gasteiger partial charge in [-0.05, 0) is 47.0 Å². The summed E-state index contributed by atoms with van der Waals surface area (Å²) in [6, 6.07) is 5.60. The second-order valence-electron chi connectivity index (χ2n) is 3.40. The molecule has 3 heteroatoms. The molecule has 0 radical (unpaired) electrons. The first kappa shape index (κ1) is 11.0. The van der Waals surface area contributed by atoms with Crippen molar-refractivity contribution in [3.05, 3.63) is 33.3 Å². The molecule has 78 valence electrons. The Labute approximate surface area is 103 Å². The fraction of sp³-hybridized carbons (Fsp3) is 0.333. The summed E-state index contributed by atoms with van der Waals surface area (Å²) in [7, 11) is 0. The average molecular weight is 286 g/mol. The molecule has 1 aliphatic heterocycles. The van der Waals surface area contributed by atoms with Crippen molar-refractivity contribution < 1.29 is 4.74 Å². The third-order valence-corrected chi connectivity index (χ3v) is 3.12. The van der Waals surface area contributed by atoms with Crippen molar-refractivity contribution in [2.45, 2.75) is 18.9 Å². The predicted molar refractivity (Wildman–Crippen MR) is 65.0 cm³/mol. The van der Waals surface area contributed by atoms with Crippen molar-refractivity contribution in [3.63, 3.8) is 0 Å². The van der Waals surface area contributed by atoms with Gasteiger partial charge in [0.1, 0.15) is 6.10 Å². The van der Waals surface area contributed by atoms with E-state index in [0.29, 0.717) is 5.02 Å². The molecule has 0 unspecified atom stereocenters. The smallest absolute Gasteiger partial charge is 0.118 e. The molecule has 1 aromatic rings. The molecule has 15 heavy (non-hydrogen) atoms. The minimum absolute atomic E-state index is 0.104. The van der Waals surface area contributed by atoms with Crippen LogP contribution >= 0.6 is 27.5 Å². The molecule has 0 saturated carbocycles. The summed E-state index contributed by atoms with van der Waals surface area (Å²) in [4.78, 5) is 0. The van der Waals surface area contributed by atoms with Gasteiger partial charge in [0, 0.05) is 21.7 Å². The molecule has 0 spiro atoms. The van der Waals surface area contributed by atoms with Gasteiger partial charge in [-0.1, -0.05) is 23.4 Å². The summed E-state index contributed by atoms with van der Waals surface area (Å²) in [6.45, 7) is 0.834. The molecule has 1 aromatic carbocycles. The lowest BCUT2D eigenvalue weighted by molar-refractivity contribution is 0.152. The standard InChI is InChI=1S/C12H10BrClO/c13-12-8-10(14)5-3-9(12)4-6-11-2-1-7-15-11/h3,5,8,11H,1-2,7H2/t11-/m1/s1. The van der Waals surface area contributed by atoms with Crippen LogP contribution in [-0.4, -0.2) is 12.7 Å². The second kappa shape index (κ2) is 5.03. The molecule has 0 amide bonds. The fourth-order valence-electron chi connectivity index (χ4n) is 1.44. The minimum Gasteiger partial charge on any atom is -0.366 e. The van der Waals surface area contributed by atoms with Gasteiger partial charge < -0.3 is 4.74 Å². The van der Waals surface area contributed by atoms with Crippen molar-refractivity contribution in [1.29, 1.82) is 0 Å². The zero-order valence-corrected chi connectivity index (χ0v) is 10.4. The lowest BCUT2D eigenvalue weighted by Gasteiger charge is -1.99. The molecule has 1 saturated heterocycles. The van der Waals surface area contributed by atoms with Crippen LogP contribution in [0.1, 0.15) is 18.4 Å². The van der Waals surface area contributed by atoms with E-state index in [4.69, 9.17) is 16.3 Å². The van der Waals surface area contributed by atoms with Crippen LogP contribution in [0.4, 0.5) is 0 Å². The zero-order chi connectivity index (χ0) is 10.7. The van der Waals surface area contributed by atoms with Crippen molar-refractivity contribution in [3.8, 4) is 11.8 Å². The number of hydrogen-bond acceptors (Lipinski definition) is 1. The van der Waals surface area contributed by atoms with Crippen LogP contribution in [0.5, 0.6) is 0 Å². The van der Waals surface area contributed by atoms with Gasteiger partial charge >= 0.3 is 0 Å². The normalized spacial score (nSPS) is 19.7.